The highest BCUT2D eigenvalue weighted by molar-refractivity contribution is 9.10. The zero-order valence-corrected chi connectivity index (χ0v) is 14.3. The summed E-state index contributed by atoms with van der Waals surface area (Å²) in [5.74, 6) is 0.536. The van der Waals surface area contributed by atoms with E-state index in [4.69, 9.17) is 0 Å². The number of alkyl halides is 3. The van der Waals surface area contributed by atoms with Gasteiger partial charge in [-0.1, -0.05) is 42.8 Å². The lowest BCUT2D eigenvalue weighted by Crippen LogP contribution is -2.23. The smallest absolute Gasteiger partial charge is 0.310 e. The Labute approximate surface area is 133 Å². The molecule has 0 saturated carbocycles. The Morgan fingerprint density at radius 3 is 2.38 bits per heavy atom. The molecule has 5 heteroatoms. The van der Waals surface area contributed by atoms with Crippen LogP contribution in [0.2, 0.25) is 0 Å². The molecule has 0 radical (unpaired) electrons. The molecule has 0 aromatic heterocycles. The Balaban J connectivity index is 3.00. The molecule has 1 aromatic rings. The number of halogens is 4. The summed E-state index contributed by atoms with van der Waals surface area (Å²) in [5, 5.41) is 3.36. The van der Waals surface area contributed by atoms with Crippen LogP contribution in [-0.4, -0.2) is 6.54 Å². The summed E-state index contributed by atoms with van der Waals surface area (Å²) in [6, 6.07) is 4.50. The first-order valence-electron chi connectivity index (χ1n) is 7.35. The molecule has 0 aliphatic heterocycles. The van der Waals surface area contributed by atoms with Gasteiger partial charge in [-0.15, -0.1) is 0 Å². The Morgan fingerprint density at radius 1 is 1.19 bits per heavy atom. The van der Waals surface area contributed by atoms with Gasteiger partial charge in [-0.25, -0.2) is 0 Å². The van der Waals surface area contributed by atoms with Gasteiger partial charge in [-0.3, -0.25) is 0 Å². The molecule has 21 heavy (non-hydrogen) atoms. The summed E-state index contributed by atoms with van der Waals surface area (Å²) in [4.78, 5) is 0. The second kappa shape index (κ2) is 8.18. The number of hydrogen-bond donors (Lipinski definition) is 1. The molecule has 0 amide bonds. The molecule has 1 nitrogen and oxygen atoms in total. The Hall–Kier alpha value is -0.550. The molecular formula is C16H23BrF3N. The van der Waals surface area contributed by atoms with Crippen LogP contribution in [0.1, 0.15) is 57.2 Å². The fourth-order valence-corrected chi connectivity index (χ4v) is 2.65. The van der Waals surface area contributed by atoms with E-state index in [-0.39, 0.29) is 10.5 Å². The van der Waals surface area contributed by atoms with Crippen molar-refractivity contribution in [3.05, 3.63) is 33.8 Å². The number of rotatable bonds is 7. The van der Waals surface area contributed by atoms with Crippen LogP contribution in [0, 0.1) is 5.92 Å². The highest BCUT2D eigenvalue weighted by atomic mass is 79.9. The van der Waals surface area contributed by atoms with E-state index in [1.54, 1.807) is 6.07 Å². The maximum absolute atomic E-state index is 13.0. The van der Waals surface area contributed by atoms with Gasteiger partial charge in [-0.05, 0) is 49.4 Å². The van der Waals surface area contributed by atoms with Crippen LogP contribution < -0.4 is 5.32 Å². The summed E-state index contributed by atoms with van der Waals surface area (Å²) < 4.78 is 39.1. The molecule has 0 heterocycles. The van der Waals surface area contributed by atoms with Gasteiger partial charge in [-0.2, -0.15) is 13.2 Å². The molecule has 0 bridgehead atoms. The van der Waals surface area contributed by atoms with Gasteiger partial charge in [0.05, 0.1) is 5.56 Å². The second-order valence-corrected chi connectivity index (χ2v) is 6.57. The van der Waals surface area contributed by atoms with Gasteiger partial charge in [0, 0.05) is 10.5 Å². The molecule has 120 valence electrons. The fraction of sp³-hybridized carbons (Fsp3) is 0.625. The highest BCUT2D eigenvalue weighted by Crippen LogP contribution is 2.37. The highest BCUT2D eigenvalue weighted by Gasteiger charge is 2.33. The molecule has 1 atom stereocenters. The van der Waals surface area contributed by atoms with Crippen molar-refractivity contribution < 1.29 is 13.2 Å². The molecule has 1 rings (SSSR count). The molecule has 0 fully saturated rings. The number of hydrogen-bond acceptors (Lipinski definition) is 1. The summed E-state index contributed by atoms with van der Waals surface area (Å²) in [6.45, 7) is 7.11. The molecule has 0 aliphatic rings. The zero-order valence-electron chi connectivity index (χ0n) is 12.7. The maximum atomic E-state index is 13.0. The first kappa shape index (κ1) is 18.5. The van der Waals surface area contributed by atoms with Crippen molar-refractivity contribution in [2.75, 3.05) is 6.54 Å². The van der Waals surface area contributed by atoms with Crippen molar-refractivity contribution in [3.8, 4) is 0 Å². The van der Waals surface area contributed by atoms with Gasteiger partial charge in [0.1, 0.15) is 0 Å². The largest absolute Gasteiger partial charge is 0.417 e. The molecule has 0 aliphatic carbocycles. The standard InChI is InChI=1S/C16H23BrF3N/c1-4-9-21-15(8-5-11(2)3)12-6-7-14(17)13(10-12)16(18,19)20/h6-7,10-11,15,21H,4-5,8-9H2,1-3H3. The van der Waals surface area contributed by atoms with Crippen molar-refractivity contribution in [1.82, 2.24) is 5.32 Å². The van der Waals surface area contributed by atoms with Crippen molar-refractivity contribution in [2.24, 2.45) is 5.92 Å². The quantitative estimate of drug-likeness (QED) is 0.629. The van der Waals surface area contributed by atoms with Gasteiger partial charge in [0.15, 0.2) is 0 Å². The number of benzene rings is 1. The van der Waals surface area contributed by atoms with E-state index in [9.17, 15) is 13.2 Å². The molecular weight excluding hydrogens is 343 g/mol. The molecule has 1 N–H and O–H groups in total. The van der Waals surface area contributed by atoms with E-state index in [0.717, 1.165) is 25.8 Å². The van der Waals surface area contributed by atoms with Gasteiger partial charge >= 0.3 is 6.18 Å². The SMILES string of the molecule is CCCNC(CCC(C)C)c1ccc(Br)c(C(F)(F)F)c1. The molecule has 0 spiro atoms. The average Bonchev–Trinajstić information content (AvgIpc) is 2.38. The summed E-state index contributed by atoms with van der Waals surface area (Å²) in [7, 11) is 0. The normalized spacial score (nSPS) is 13.7. The molecule has 0 saturated heterocycles. The van der Waals surface area contributed by atoms with E-state index in [1.807, 2.05) is 0 Å². The predicted molar refractivity (Wildman–Crippen MR) is 84.3 cm³/mol. The van der Waals surface area contributed by atoms with Crippen molar-refractivity contribution in [2.45, 2.75) is 52.3 Å². The fourth-order valence-electron chi connectivity index (χ4n) is 2.18. The maximum Gasteiger partial charge on any atom is 0.417 e. The van der Waals surface area contributed by atoms with E-state index >= 15 is 0 Å². The zero-order chi connectivity index (χ0) is 16.0. The third-order valence-electron chi connectivity index (χ3n) is 3.37. The monoisotopic (exact) mass is 365 g/mol. The first-order chi connectivity index (χ1) is 9.75. The minimum Gasteiger partial charge on any atom is -0.310 e. The van der Waals surface area contributed by atoms with E-state index in [0.29, 0.717) is 11.5 Å². The number of nitrogens with one attached hydrogen (secondary N) is 1. The Kier molecular flexibility index (Phi) is 7.21. The summed E-state index contributed by atoms with van der Waals surface area (Å²) in [5.41, 5.74) is 0.104. The van der Waals surface area contributed by atoms with Crippen molar-refractivity contribution in [1.29, 1.82) is 0 Å². The average molecular weight is 366 g/mol. The lowest BCUT2D eigenvalue weighted by molar-refractivity contribution is -0.138. The van der Waals surface area contributed by atoms with Crippen molar-refractivity contribution in [3.63, 3.8) is 0 Å². The van der Waals surface area contributed by atoms with Gasteiger partial charge < -0.3 is 5.32 Å². The van der Waals surface area contributed by atoms with Crippen LogP contribution in [0.4, 0.5) is 13.2 Å². The van der Waals surface area contributed by atoms with Crippen LogP contribution in [0.15, 0.2) is 22.7 Å². The minimum absolute atomic E-state index is 0.0263. The van der Waals surface area contributed by atoms with E-state index < -0.39 is 11.7 Å². The lowest BCUT2D eigenvalue weighted by atomic mass is 9.96. The van der Waals surface area contributed by atoms with E-state index in [1.165, 1.54) is 12.1 Å². The van der Waals surface area contributed by atoms with Crippen LogP contribution >= 0.6 is 15.9 Å². The third kappa shape index (κ3) is 5.99. The molecule has 1 aromatic carbocycles. The van der Waals surface area contributed by atoms with Gasteiger partial charge in [0.25, 0.3) is 0 Å². The summed E-state index contributed by atoms with van der Waals surface area (Å²) in [6.07, 6.45) is -1.54. The van der Waals surface area contributed by atoms with Crippen LogP contribution in [0.25, 0.3) is 0 Å². The Bertz CT molecular complexity index is 444. The summed E-state index contributed by atoms with van der Waals surface area (Å²) >= 11 is 2.99. The predicted octanol–water partition coefficient (Wildman–Crippen LogP) is 5.94. The Morgan fingerprint density at radius 2 is 1.86 bits per heavy atom. The van der Waals surface area contributed by atoms with Crippen molar-refractivity contribution >= 4 is 15.9 Å². The minimum atomic E-state index is -4.33. The van der Waals surface area contributed by atoms with Crippen LogP contribution in [0.3, 0.4) is 0 Å². The van der Waals surface area contributed by atoms with Gasteiger partial charge in [0.2, 0.25) is 0 Å². The van der Waals surface area contributed by atoms with E-state index in [2.05, 4.69) is 42.0 Å². The van der Waals surface area contributed by atoms with Crippen LogP contribution in [0.5, 0.6) is 0 Å². The topological polar surface area (TPSA) is 12.0 Å². The second-order valence-electron chi connectivity index (χ2n) is 5.71. The third-order valence-corrected chi connectivity index (χ3v) is 4.06. The molecule has 1 unspecified atom stereocenters. The first-order valence-corrected chi connectivity index (χ1v) is 8.15. The van der Waals surface area contributed by atoms with Crippen LogP contribution in [-0.2, 0) is 6.18 Å². The lowest BCUT2D eigenvalue weighted by Gasteiger charge is -2.21.